The van der Waals surface area contributed by atoms with Crippen LogP contribution in [0.5, 0.6) is 0 Å². The van der Waals surface area contributed by atoms with Gasteiger partial charge < -0.3 is 5.21 Å². The third-order valence-corrected chi connectivity index (χ3v) is 1.43. The molecule has 0 bridgehead atoms. The van der Waals surface area contributed by atoms with Crippen LogP contribution in [0.4, 0.5) is 0 Å². The van der Waals surface area contributed by atoms with Crippen molar-refractivity contribution >= 4 is 5.71 Å². The van der Waals surface area contributed by atoms with Crippen molar-refractivity contribution in [2.75, 3.05) is 0 Å². The Morgan fingerprint density at radius 3 is 2.73 bits per heavy atom. The number of hydrogen-bond acceptors (Lipinski definition) is 3. The number of aryl methyl sites for hydroxylation is 1. The first-order valence-corrected chi connectivity index (χ1v) is 3.35. The van der Waals surface area contributed by atoms with Gasteiger partial charge in [0.2, 0.25) is 0 Å². The highest BCUT2D eigenvalue weighted by Gasteiger charge is 1.96. The summed E-state index contributed by atoms with van der Waals surface area (Å²) in [5, 5.41) is 11.4. The summed E-state index contributed by atoms with van der Waals surface area (Å²) in [6, 6.07) is 3.75. The van der Waals surface area contributed by atoms with Gasteiger partial charge in [-0.15, -0.1) is 0 Å². The van der Waals surface area contributed by atoms with E-state index >= 15 is 0 Å². The van der Waals surface area contributed by atoms with Crippen molar-refractivity contribution in [1.82, 2.24) is 4.98 Å². The van der Waals surface area contributed by atoms with Crippen LogP contribution in [-0.2, 0) is 0 Å². The van der Waals surface area contributed by atoms with Gasteiger partial charge in [0.15, 0.2) is 0 Å². The minimum Gasteiger partial charge on any atom is -0.411 e. The number of hydrogen-bond donors (Lipinski definition) is 1. The van der Waals surface area contributed by atoms with Crippen molar-refractivity contribution in [1.29, 1.82) is 0 Å². The Morgan fingerprint density at radius 2 is 2.27 bits per heavy atom. The molecule has 0 radical (unpaired) electrons. The van der Waals surface area contributed by atoms with Gasteiger partial charge in [-0.2, -0.15) is 0 Å². The Labute approximate surface area is 65.4 Å². The summed E-state index contributed by atoms with van der Waals surface area (Å²) >= 11 is 0. The van der Waals surface area contributed by atoms with E-state index in [-0.39, 0.29) is 0 Å². The van der Waals surface area contributed by atoms with E-state index in [2.05, 4.69) is 10.1 Å². The van der Waals surface area contributed by atoms with Gasteiger partial charge in [-0.1, -0.05) is 11.2 Å². The quantitative estimate of drug-likeness (QED) is 0.375. The molecule has 0 aliphatic heterocycles. The summed E-state index contributed by atoms with van der Waals surface area (Å²) in [7, 11) is 0. The molecule has 3 heteroatoms. The summed E-state index contributed by atoms with van der Waals surface area (Å²) in [6.45, 7) is 3.67. The average molecular weight is 150 g/mol. The Morgan fingerprint density at radius 1 is 1.55 bits per heavy atom. The van der Waals surface area contributed by atoms with Crippen LogP contribution < -0.4 is 0 Å². The van der Waals surface area contributed by atoms with Gasteiger partial charge in [-0.05, 0) is 25.5 Å². The van der Waals surface area contributed by atoms with Crippen molar-refractivity contribution < 1.29 is 5.21 Å². The second-order valence-electron chi connectivity index (χ2n) is 2.41. The van der Waals surface area contributed by atoms with Crippen LogP contribution in [0.2, 0.25) is 0 Å². The maximum absolute atomic E-state index is 8.41. The van der Waals surface area contributed by atoms with Gasteiger partial charge >= 0.3 is 0 Å². The molecule has 3 nitrogen and oxygen atoms in total. The molecule has 0 aromatic carbocycles. The lowest BCUT2D eigenvalue weighted by molar-refractivity contribution is 0.319. The van der Waals surface area contributed by atoms with Crippen LogP contribution in [0, 0.1) is 6.92 Å². The molecule has 0 saturated heterocycles. The fraction of sp³-hybridized carbons (Fsp3) is 0.250. The lowest BCUT2D eigenvalue weighted by atomic mass is 10.2. The SMILES string of the molecule is CC(=NO)c1ccc(C)cn1. The molecular formula is C8H10N2O. The third-order valence-electron chi connectivity index (χ3n) is 1.43. The summed E-state index contributed by atoms with van der Waals surface area (Å²) in [5.41, 5.74) is 2.34. The number of rotatable bonds is 1. The van der Waals surface area contributed by atoms with Crippen LogP contribution >= 0.6 is 0 Å². The van der Waals surface area contributed by atoms with Crippen molar-refractivity contribution in [2.24, 2.45) is 5.16 Å². The maximum atomic E-state index is 8.41. The average Bonchev–Trinajstić information content (AvgIpc) is 2.05. The number of pyridine rings is 1. The second-order valence-corrected chi connectivity index (χ2v) is 2.41. The van der Waals surface area contributed by atoms with E-state index in [1.165, 1.54) is 0 Å². The maximum Gasteiger partial charge on any atom is 0.102 e. The van der Waals surface area contributed by atoms with Gasteiger partial charge in [0.1, 0.15) is 5.71 Å². The zero-order valence-electron chi connectivity index (χ0n) is 6.57. The molecule has 1 aromatic rings. The first kappa shape index (κ1) is 7.72. The van der Waals surface area contributed by atoms with Gasteiger partial charge in [0.25, 0.3) is 0 Å². The molecule has 0 saturated carbocycles. The predicted octanol–water partition coefficient (Wildman–Crippen LogP) is 1.59. The first-order valence-electron chi connectivity index (χ1n) is 3.35. The molecule has 58 valence electrons. The zero-order valence-corrected chi connectivity index (χ0v) is 6.57. The van der Waals surface area contributed by atoms with Crippen LogP contribution in [-0.4, -0.2) is 15.9 Å². The predicted molar refractivity (Wildman–Crippen MR) is 43.0 cm³/mol. The van der Waals surface area contributed by atoms with Crippen molar-refractivity contribution in [3.05, 3.63) is 29.6 Å². The lowest BCUT2D eigenvalue weighted by Gasteiger charge is -1.96. The molecule has 1 rings (SSSR count). The summed E-state index contributed by atoms with van der Waals surface area (Å²) < 4.78 is 0. The molecule has 0 spiro atoms. The fourth-order valence-electron chi connectivity index (χ4n) is 0.733. The highest BCUT2D eigenvalue weighted by atomic mass is 16.4. The fourth-order valence-corrected chi connectivity index (χ4v) is 0.733. The van der Waals surface area contributed by atoms with E-state index in [1.54, 1.807) is 13.1 Å². The second kappa shape index (κ2) is 3.14. The molecule has 11 heavy (non-hydrogen) atoms. The standard InChI is InChI=1S/C8H10N2O/c1-6-3-4-8(9-5-6)7(2)10-11/h3-5,11H,1-2H3. The Bertz CT molecular complexity index is 264. The van der Waals surface area contributed by atoms with Gasteiger partial charge in [0.05, 0.1) is 5.69 Å². The number of nitrogens with zero attached hydrogens (tertiary/aromatic N) is 2. The van der Waals surface area contributed by atoms with E-state index in [9.17, 15) is 0 Å². The van der Waals surface area contributed by atoms with E-state index in [0.717, 1.165) is 5.56 Å². The largest absolute Gasteiger partial charge is 0.411 e. The minimum atomic E-state index is 0.532. The van der Waals surface area contributed by atoms with Crippen LogP contribution in [0.3, 0.4) is 0 Å². The van der Waals surface area contributed by atoms with Crippen molar-refractivity contribution in [2.45, 2.75) is 13.8 Å². The van der Waals surface area contributed by atoms with E-state index in [0.29, 0.717) is 11.4 Å². The molecule has 1 N–H and O–H groups in total. The molecule has 1 aromatic heterocycles. The Hall–Kier alpha value is -1.38. The molecule has 0 amide bonds. The normalized spacial score (nSPS) is 11.6. The monoisotopic (exact) mass is 150 g/mol. The highest BCUT2D eigenvalue weighted by molar-refractivity contribution is 5.96. The van der Waals surface area contributed by atoms with Crippen LogP contribution in [0.15, 0.2) is 23.5 Å². The van der Waals surface area contributed by atoms with Crippen LogP contribution in [0.1, 0.15) is 18.2 Å². The molecular weight excluding hydrogens is 140 g/mol. The molecule has 0 atom stereocenters. The van der Waals surface area contributed by atoms with Crippen molar-refractivity contribution in [3.8, 4) is 0 Å². The molecule has 1 heterocycles. The summed E-state index contributed by atoms with van der Waals surface area (Å²) in [4.78, 5) is 4.06. The van der Waals surface area contributed by atoms with E-state index < -0.39 is 0 Å². The number of aromatic nitrogens is 1. The zero-order chi connectivity index (χ0) is 8.27. The van der Waals surface area contributed by atoms with Gasteiger partial charge in [-0.3, -0.25) is 4.98 Å². The summed E-state index contributed by atoms with van der Waals surface area (Å²) in [5.74, 6) is 0. The van der Waals surface area contributed by atoms with Gasteiger partial charge in [0, 0.05) is 6.20 Å². The first-order chi connectivity index (χ1) is 5.24. The van der Waals surface area contributed by atoms with Gasteiger partial charge in [-0.25, -0.2) is 0 Å². The third kappa shape index (κ3) is 1.77. The molecule has 0 aliphatic rings. The molecule has 0 unspecified atom stereocenters. The minimum absolute atomic E-state index is 0.532. The molecule has 0 fully saturated rings. The smallest absolute Gasteiger partial charge is 0.102 e. The number of oxime groups is 1. The van der Waals surface area contributed by atoms with Crippen LogP contribution in [0.25, 0.3) is 0 Å². The van der Waals surface area contributed by atoms with E-state index in [1.807, 2.05) is 19.1 Å². The lowest BCUT2D eigenvalue weighted by Crippen LogP contribution is -1.97. The highest BCUT2D eigenvalue weighted by Crippen LogP contribution is 1.99. The Balaban J connectivity index is 2.99. The topological polar surface area (TPSA) is 45.5 Å². The Kier molecular flexibility index (Phi) is 2.21. The van der Waals surface area contributed by atoms with Crippen molar-refractivity contribution in [3.63, 3.8) is 0 Å². The molecule has 0 aliphatic carbocycles. The summed E-state index contributed by atoms with van der Waals surface area (Å²) in [6.07, 6.45) is 1.74. The van der Waals surface area contributed by atoms with E-state index in [4.69, 9.17) is 5.21 Å².